The maximum absolute atomic E-state index is 14.5. The van der Waals surface area contributed by atoms with Gasteiger partial charge >= 0.3 is 6.18 Å². The number of phenols is 1. The van der Waals surface area contributed by atoms with Crippen LogP contribution in [-0.4, -0.2) is 40.3 Å². The Kier molecular flexibility index (Phi) is 6.27. The normalized spacial score (nSPS) is 15.3. The van der Waals surface area contributed by atoms with Gasteiger partial charge in [-0.2, -0.15) is 13.2 Å². The number of aliphatic hydroxyl groups excluding tert-OH is 1. The zero-order valence-corrected chi connectivity index (χ0v) is 18.1. The van der Waals surface area contributed by atoms with E-state index in [2.05, 4.69) is 5.32 Å². The highest BCUT2D eigenvalue weighted by Crippen LogP contribution is 2.49. The highest BCUT2D eigenvalue weighted by atomic mass is 32.1. The lowest BCUT2D eigenvalue weighted by Crippen LogP contribution is -2.47. The van der Waals surface area contributed by atoms with Crippen molar-refractivity contribution < 1.29 is 37.4 Å². The fourth-order valence-electron chi connectivity index (χ4n) is 3.13. The van der Waals surface area contributed by atoms with Crippen LogP contribution in [0.25, 0.3) is 0 Å². The number of thiophene rings is 1. The van der Waals surface area contributed by atoms with Gasteiger partial charge in [-0.15, -0.1) is 11.3 Å². The number of amides is 2. The molecule has 0 atom stereocenters. The fraction of sp³-hybridized carbons (Fsp3) is 0.429. The van der Waals surface area contributed by atoms with Gasteiger partial charge in [0.1, 0.15) is 17.1 Å². The highest BCUT2D eigenvalue weighted by molar-refractivity contribution is 7.18. The summed E-state index contributed by atoms with van der Waals surface area (Å²) in [6.45, 7) is 2.93. The second-order valence-corrected chi connectivity index (χ2v) is 9.51. The van der Waals surface area contributed by atoms with Crippen LogP contribution in [0.4, 0.5) is 22.6 Å². The number of anilines is 1. The number of rotatable bonds is 7. The molecule has 2 aromatic rings. The topological polar surface area (TPSA) is 98.7 Å². The molecule has 1 heterocycles. The molecule has 0 spiro atoms. The van der Waals surface area contributed by atoms with E-state index in [1.165, 1.54) is 12.1 Å². The molecular formula is C21H22F4N2O4S. The van der Waals surface area contributed by atoms with Gasteiger partial charge in [-0.25, -0.2) is 4.39 Å². The minimum Gasteiger partial charge on any atom is -0.508 e. The summed E-state index contributed by atoms with van der Waals surface area (Å²) in [7, 11) is 0. The van der Waals surface area contributed by atoms with Gasteiger partial charge in [-0.05, 0) is 37.1 Å². The lowest BCUT2D eigenvalue weighted by atomic mass is 9.84. The molecule has 0 bridgehead atoms. The average Bonchev–Trinajstić information content (AvgIpc) is 3.34. The molecule has 6 nitrogen and oxygen atoms in total. The fourth-order valence-corrected chi connectivity index (χ4v) is 3.95. The van der Waals surface area contributed by atoms with E-state index in [1.807, 2.05) is 5.32 Å². The van der Waals surface area contributed by atoms with Gasteiger partial charge in [0, 0.05) is 16.5 Å². The number of hydrogen-bond acceptors (Lipinski definition) is 5. The van der Waals surface area contributed by atoms with Gasteiger partial charge in [-0.3, -0.25) is 9.59 Å². The van der Waals surface area contributed by atoms with Crippen LogP contribution in [0.3, 0.4) is 0 Å². The summed E-state index contributed by atoms with van der Waals surface area (Å²) >= 11 is 0.793. The maximum Gasteiger partial charge on any atom is 0.411 e. The molecule has 1 aliphatic carbocycles. The lowest BCUT2D eigenvalue weighted by molar-refractivity contribution is -0.163. The van der Waals surface area contributed by atoms with Gasteiger partial charge in [0.05, 0.1) is 22.9 Å². The van der Waals surface area contributed by atoms with Crippen molar-refractivity contribution in [3.8, 4) is 5.75 Å². The van der Waals surface area contributed by atoms with Gasteiger partial charge in [-0.1, -0.05) is 13.8 Å². The average molecular weight is 474 g/mol. The molecule has 174 valence electrons. The van der Waals surface area contributed by atoms with Gasteiger partial charge in [0.15, 0.2) is 0 Å². The molecule has 32 heavy (non-hydrogen) atoms. The molecule has 11 heteroatoms. The minimum atomic E-state index is -4.53. The Labute approximate surface area is 185 Å². The molecule has 0 aliphatic heterocycles. The number of aliphatic hydroxyl groups is 1. The van der Waals surface area contributed by atoms with Crippen molar-refractivity contribution in [2.24, 2.45) is 0 Å². The molecule has 2 amide bonds. The van der Waals surface area contributed by atoms with E-state index in [1.54, 1.807) is 13.8 Å². The van der Waals surface area contributed by atoms with Crippen molar-refractivity contribution in [3.63, 3.8) is 0 Å². The third-order valence-electron chi connectivity index (χ3n) is 5.38. The molecule has 0 saturated heterocycles. The molecule has 1 aromatic carbocycles. The van der Waals surface area contributed by atoms with Crippen LogP contribution in [0.1, 0.15) is 47.5 Å². The number of phenolic OH excluding ortho intramolecular Hbond substituents is 1. The predicted octanol–water partition coefficient (Wildman–Crippen LogP) is 3.87. The number of hydrogen-bond donors (Lipinski definition) is 4. The molecule has 0 unspecified atom stereocenters. The Morgan fingerprint density at radius 1 is 1.19 bits per heavy atom. The largest absolute Gasteiger partial charge is 0.508 e. The summed E-state index contributed by atoms with van der Waals surface area (Å²) in [6.07, 6.45) is -5.31. The number of aromatic hydroxyl groups is 1. The zero-order valence-electron chi connectivity index (χ0n) is 17.3. The quantitative estimate of drug-likeness (QED) is 0.458. The van der Waals surface area contributed by atoms with Crippen LogP contribution in [-0.2, 0) is 16.6 Å². The van der Waals surface area contributed by atoms with Crippen LogP contribution in [0, 0.1) is 5.82 Å². The number of benzene rings is 1. The lowest BCUT2D eigenvalue weighted by Gasteiger charge is -2.24. The first kappa shape index (κ1) is 24.0. The van der Waals surface area contributed by atoms with Crippen molar-refractivity contribution in [2.45, 2.75) is 50.2 Å². The number of alkyl halides is 3. The third-order valence-corrected chi connectivity index (χ3v) is 6.38. The molecule has 1 aliphatic rings. The Hall–Kier alpha value is -2.66. The van der Waals surface area contributed by atoms with Crippen LogP contribution in [0.15, 0.2) is 24.3 Å². The molecular weight excluding hydrogens is 452 g/mol. The maximum atomic E-state index is 14.5. The summed E-state index contributed by atoms with van der Waals surface area (Å²) < 4.78 is 53.4. The molecule has 1 saturated carbocycles. The Bertz CT molecular complexity index is 1040. The number of carbonyl (C=O) groups is 2. The Balaban J connectivity index is 1.65. The van der Waals surface area contributed by atoms with E-state index >= 15 is 0 Å². The molecule has 1 aromatic heterocycles. The standard InChI is InChI=1S/C21H22F4N2O4S/c1-19(2,10-28)12-9-13(22)11(7-14(12)29)8-16(30)26-17-4-3-15(32-17)18(31)27-20(5-6-20)21(23,24)25/h3-4,7,9,28-29H,5-6,8,10H2,1-2H3,(H,26,30)(H,27,31). The molecule has 3 rings (SSSR count). The first-order chi connectivity index (χ1) is 14.8. The van der Waals surface area contributed by atoms with Crippen LogP contribution < -0.4 is 10.6 Å². The van der Waals surface area contributed by atoms with Crippen molar-refractivity contribution in [3.05, 3.63) is 46.1 Å². The van der Waals surface area contributed by atoms with Crippen LogP contribution in [0.5, 0.6) is 5.75 Å². The van der Waals surface area contributed by atoms with Gasteiger partial charge < -0.3 is 20.8 Å². The highest BCUT2D eigenvalue weighted by Gasteiger charge is 2.64. The first-order valence-corrected chi connectivity index (χ1v) is 10.5. The SMILES string of the molecule is CC(C)(CO)c1cc(F)c(CC(=O)Nc2ccc(C(=O)NC3(C(F)(F)F)CC3)s2)cc1O. The Morgan fingerprint density at radius 2 is 1.84 bits per heavy atom. The number of nitrogens with one attached hydrogen (secondary N) is 2. The van der Waals surface area contributed by atoms with Crippen molar-refractivity contribution in [2.75, 3.05) is 11.9 Å². The van der Waals surface area contributed by atoms with Gasteiger partial charge in [0.25, 0.3) is 5.91 Å². The van der Waals surface area contributed by atoms with E-state index in [0.717, 1.165) is 23.5 Å². The molecule has 0 radical (unpaired) electrons. The van der Waals surface area contributed by atoms with Crippen LogP contribution in [0.2, 0.25) is 0 Å². The molecule has 4 N–H and O–H groups in total. The monoisotopic (exact) mass is 474 g/mol. The van der Waals surface area contributed by atoms with Crippen LogP contribution >= 0.6 is 11.3 Å². The van der Waals surface area contributed by atoms with Crippen molar-refractivity contribution >= 4 is 28.2 Å². The number of halogens is 4. The van der Waals surface area contributed by atoms with E-state index in [0.29, 0.717) is 0 Å². The van der Waals surface area contributed by atoms with E-state index in [-0.39, 0.29) is 46.2 Å². The summed E-state index contributed by atoms with van der Waals surface area (Å²) in [5.74, 6) is -2.52. The smallest absolute Gasteiger partial charge is 0.411 e. The summed E-state index contributed by atoms with van der Waals surface area (Å²) in [5, 5.41) is 24.3. The number of carbonyl (C=O) groups excluding carboxylic acids is 2. The second-order valence-electron chi connectivity index (χ2n) is 8.43. The first-order valence-electron chi connectivity index (χ1n) is 9.70. The van der Waals surface area contributed by atoms with E-state index in [4.69, 9.17) is 0 Å². The summed E-state index contributed by atoms with van der Waals surface area (Å²) in [6, 6.07) is 4.84. The zero-order chi connectivity index (χ0) is 23.9. The Morgan fingerprint density at radius 3 is 2.41 bits per heavy atom. The van der Waals surface area contributed by atoms with E-state index < -0.39 is 41.2 Å². The minimum absolute atomic E-state index is 0.00441. The van der Waals surface area contributed by atoms with Gasteiger partial charge in [0.2, 0.25) is 5.91 Å². The summed E-state index contributed by atoms with van der Waals surface area (Å²) in [4.78, 5) is 24.4. The van der Waals surface area contributed by atoms with Crippen molar-refractivity contribution in [1.82, 2.24) is 5.32 Å². The predicted molar refractivity (Wildman–Crippen MR) is 110 cm³/mol. The second kappa shape index (κ2) is 8.36. The van der Waals surface area contributed by atoms with E-state index in [9.17, 15) is 37.4 Å². The third kappa shape index (κ3) is 4.88. The molecule has 1 fully saturated rings. The van der Waals surface area contributed by atoms with Crippen molar-refractivity contribution in [1.29, 1.82) is 0 Å². The summed E-state index contributed by atoms with van der Waals surface area (Å²) in [5.41, 5.74) is -2.95.